The molecule has 1 heterocycles. The van der Waals surface area contributed by atoms with E-state index in [1.165, 1.54) is 0 Å². The Bertz CT molecular complexity index is 568. The summed E-state index contributed by atoms with van der Waals surface area (Å²) >= 11 is 1.61. The van der Waals surface area contributed by atoms with Gasteiger partial charge in [-0.3, -0.25) is 10.1 Å². The fourth-order valence-electron chi connectivity index (χ4n) is 1.87. The van der Waals surface area contributed by atoms with Gasteiger partial charge in [-0.05, 0) is 13.3 Å². The second-order valence-corrected chi connectivity index (χ2v) is 5.83. The molecule has 0 spiro atoms. The number of nitrogens with zero attached hydrogens (tertiary/aromatic N) is 1. The molecular weight excluding hydrogens is 282 g/mol. The Hall–Kier alpha value is -1.72. The smallest absolute Gasteiger partial charge is 0.236 e. The first-order valence-electron chi connectivity index (χ1n) is 7.21. The minimum Gasteiger partial charge on any atom is -0.355 e. The Labute approximate surface area is 129 Å². The van der Waals surface area contributed by atoms with Crippen molar-refractivity contribution in [3.05, 3.63) is 40.7 Å². The van der Waals surface area contributed by atoms with Gasteiger partial charge in [-0.2, -0.15) is 0 Å². The van der Waals surface area contributed by atoms with Gasteiger partial charge in [0.15, 0.2) is 0 Å². The second kappa shape index (κ2) is 7.90. The van der Waals surface area contributed by atoms with Crippen LogP contribution in [0.1, 0.15) is 25.3 Å². The lowest BCUT2D eigenvalue weighted by atomic mass is 10.2. The zero-order chi connectivity index (χ0) is 15.1. The number of thiazole rings is 1. The number of carbonyl (C=O) groups excluding carboxylic acids is 1. The number of aromatic nitrogens is 1. The van der Waals surface area contributed by atoms with Gasteiger partial charge in [-0.15, -0.1) is 11.3 Å². The zero-order valence-corrected chi connectivity index (χ0v) is 13.2. The van der Waals surface area contributed by atoms with Gasteiger partial charge in [-0.1, -0.05) is 37.3 Å². The summed E-state index contributed by atoms with van der Waals surface area (Å²) in [5.41, 5.74) is 2.11. The Morgan fingerprint density at radius 1 is 1.33 bits per heavy atom. The molecule has 2 aromatic rings. The van der Waals surface area contributed by atoms with Crippen molar-refractivity contribution in [3.8, 4) is 11.3 Å². The molecule has 21 heavy (non-hydrogen) atoms. The molecule has 4 nitrogen and oxygen atoms in total. The van der Waals surface area contributed by atoms with Gasteiger partial charge in [0.1, 0.15) is 5.01 Å². The molecule has 2 N–H and O–H groups in total. The predicted molar refractivity (Wildman–Crippen MR) is 87.2 cm³/mol. The lowest BCUT2D eigenvalue weighted by Crippen LogP contribution is -2.42. The molecule has 0 bridgehead atoms. The molecule has 2 rings (SSSR count). The third-order valence-corrected chi connectivity index (χ3v) is 3.97. The van der Waals surface area contributed by atoms with Crippen LogP contribution in [-0.4, -0.2) is 23.5 Å². The SMILES string of the molecule is CCCNC(=O)C(C)NCc1nc(-c2ccccc2)cs1. The van der Waals surface area contributed by atoms with E-state index in [1.54, 1.807) is 11.3 Å². The van der Waals surface area contributed by atoms with E-state index in [0.717, 1.165) is 29.2 Å². The third-order valence-electron chi connectivity index (χ3n) is 3.12. The summed E-state index contributed by atoms with van der Waals surface area (Å²) in [7, 11) is 0. The predicted octanol–water partition coefficient (Wildman–Crippen LogP) is 2.81. The minimum absolute atomic E-state index is 0.0386. The molecule has 0 saturated heterocycles. The van der Waals surface area contributed by atoms with Crippen molar-refractivity contribution in [2.45, 2.75) is 32.9 Å². The van der Waals surface area contributed by atoms with Gasteiger partial charge >= 0.3 is 0 Å². The number of rotatable bonds is 7. The molecular formula is C16H21N3OS. The van der Waals surface area contributed by atoms with Crippen LogP contribution in [0, 0.1) is 0 Å². The molecule has 0 aliphatic carbocycles. The molecule has 0 saturated carbocycles. The molecule has 0 fully saturated rings. The Kier molecular flexibility index (Phi) is 5.90. The van der Waals surface area contributed by atoms with E-state index < -0.39 is 0 Å². The molecule has 1 aromatic heterocycles. The third kappa shape index (κ3) is 4.65. The van der Waals surface area contributed by atoms with Crippen LogP contribution >= 0.6 is 11.3 Å². The van der Waals surface area contributed by atoms with Crippen molar-refractivity contribution in [2.24, 2.45) is 0 Å². The van der Waals surface area contributed by atoms with Crippen molar-refractivity contribution in [1.29, 1.82) is 0 Å². The fraction of sp³-hybridized carbons (Fsp3) is 0.375. The van der Waals surface area contributed by atoms with E-state index >= 15 is 0 Å². The maximum Gasteiger partial charge on any atom is 0.236 e. The van der Waals surface area contributed by atoms with E-state index in [9.17, 15) is 4.79 Å². The molecule has 1 amide bonds. The van der Waals surface area contributed by atoms with Crippen LogP contribution in [0.2, 0.25) is 0 Å². The molecule has 0 radical (unpaired) electrons. The van der Waals surface area contributed by atoms with Crippen molar-refractivity contribution in [2.75, 3.05) is 6.54 Å². The lowest BCUT2D eigenvalue weighted by Gasteiger charge is -2.12. The number of amides is 1. The number of carbonyl (C=O) groups is 1. The number of benzene rings is 1. The molecule has 5 heteroatoms. The van der Waals surface area contributed by atoms with Gasteiger partial charge in [0.25, 0.3) is 0 Å². The first-order chi connectivity index (χ1) is 10.2. The monoisotopic (exact) mass is 303 g/mol. The van der Waals surface area contributed by atoms with E-state index in [-0.39, 0.29) is 11.9 Å². The summed E-state index contributed by atoms with van der Waals surface area (Å²) < 4.78 is 0. The summed E-state index contributed by atoms with van der Waals surface area (Å²) in [6.45, 7) is 5.24. The van der Waals surface area contributed by atoms with Gasteiger partial charge in [0, 0.05) is 24.0 Å². The summed E-state index contributed by atoms with van der Waals surface area (Å²) in [5, 5.41) is 9.13. The molecule has 112 valence electrons. The van der Waals surface area contributed by atoms with E-state index in [2.05, 4.69) is 15.6 Å². The summed E-state index contributed by atoms with van der Waals surface area (Å²) in [6, 6.07) is 9.90. The largest absolute Gasteiger partial charge is 0.355 e. The van der Waals surface area contributed by atoms with Crippen LogP contribution in [0.3, 0.4) is 0 Å². The number of hydrogen-bond acceptors (Lipinski definition) is 4. The van der Waals surface area contributed by atoms with Crippen molar-refractivity contribution >= 4 is 17.2 Å². The highest BCUT2D eigenvalue weighted by molar-refractivity contribution is 7.09. The number of nitrogens with one attached hydrogen (secondary N) is 2. The van der Waals surface area contributed by atoms with Crippen LogP contribution in [0.25, 0.3) is 11.3 Å². The Morgan fingerprint density at radius 2 is 2.10 bits per heavy atom. The maximum absolute atomic E-state index is 11.8. The van der Waals surface area contributed by atoms with E-state index in [4.69, 9.17) is 0 Å². The Morgan fingerprint density at radius 3 is 2.81 bits per heavy atom. The standard InChI is InChI=1S/C16H21N3OS/c1-3-9-17-16(20)12(2)18-10-15-19-14(11-21-15)13-7-5-4-6-8-13/h4-8,11-12,18H,3,9-10H2,1-2H3,(H,17,20). The van der Waals surface area contributed by atoms with Crippen molar-refractivity contribution < 1.29 is 4.79 Å². The highest BCUT2D eigenvalue weighted by Crippen LogP contribution is 2.21. The van der Waals surface area contributed by atoms with Gasteiger partial charge in [0.2, 0.25) is 5.91 Å². The van der Waals surface area contributed by atoms with Crippen LogP contribution in [-0.2, 0) is 11.3 Å². The average molecular weight is 303 g/mol. The maximum atomic E-state index is 11.8. The zero-order valence-electron chi connectivity index (χ0n) is 12.4. The first kappa shape index (κ1) is 15.7. The molecule has 1 unspecified atom stereocenters. The first-order valence-corrected chi connectivity index (χ1v) is 8.09. The highest BCUT2D eigenvalue weighted by atomic mass is 32.1. The summed E-state index contributed by atoms with van der Waals surface area (Å²) in [5.74, 6) is 0.0386. The molecule has 0 aliphatic heterocycles. The normalized spacial score (nSPS) is 12.1. The lowest BCUT2D eigenvalue weighted by molar-refractivity contribution is -0.122. The molecule has 0 aliphatic rings. The van der Waals surface area contributed by atoms with Gasteiger partial charge in [-0.25, -0.2) is 4.98 Å². The molecule has 1 atom stereocenters. The number of hydrogen-bond donors (Lipinski definition) is 2. The average Bonchev–Trinajstić information content (AvgIpc) is 3.00. The fourth-order valence-corrected chi connectivity index (χ4v) is 2.62. The quantitative estimate of drug-likeness (QED) is 0.827. The van der Waals surface area contributed by atoms with Crippen molar-refractivity contribution in [1.82, 2.24) is 15.6 Å². The van der Waals surface area contributed by atoms with Crippen molar-refractivity contribution in [3.63, 3.8) is 0 Å². The van der Waals surface area contributed by atoms with Gasteiger partial charge in [0.05, 0.1) is 11.7 Å². The topological polar surface area (TPSA) is 54.0 Å². The van der Waals surface area contributed by atoms with Gasteiger partial charge < -0.3 is 5.32 Å². The minimum atomic E-state index is -0.208. The van der Waals surface area contributed by atoms with Crippen LogP contribution in [0.5, 0.6) is 0 Å². The second-order valence-electron chi connectivity index (χ2n) is 4.89. The van der Waals surface area contributed by atoms with E-state index in [1.807, 2.05) is 49.6 Å². The van der Waals surface area contributed by atoms with Crippen LogP contribution in [0.15, 0.2) is 35.7 Å². The summed E-state index contributed by atoms with van der Waals surface area (Å²) in [4.78, 5) is 16.4. The van der Waals surface area contributed by atoms with Crippen LogP contribution in [0.4, 0.5) is 0 Å². The van der Waals surface area contributed by atoms with E-state index in [0.29, 0.717) is 6.54 Å². The summed E-state index contributed by atoms with van der Waals surface area (Å²) in [6.07, 6.45) is 0.950. The van der Waals surface area contributed by atoms with Crippen LogP contribution < -0.4 is 10.6 Å². The Balaban J connectivity index is 1.87. The highest BCUT2D eigenvalue weighted by Gasteiger charge is 2.12. The molecule has 1 aromatic carbocycles.